The van der Waals surface area contributed by atoms with Crippen molar-refractivity contribution < 1.29 is 4.39 Å². The van der Waals surface area contributed by atoms with Gasteiger partial charge in [0.15, 0.2) is 0 Å². The average Bonchev–Trinajstić information content (AvgIpc) is 2.42. The first-order valence-corrected chi connectivity index (χ1v) is 7.07. The van der Waals surface area contributed by atoms with Gasteiger partial charge in [0.05, 0.1) is 0 Å². The van der Waals surface area contributed by atoms with E-state index < -0.39 is 5.67 Å². The highest BCUT2D eigenvalue weighted by Crippen LogP contribution is 2.47. The Balaban J connectivity index is 1.89. The van der Waals surface area contributed by atoms with E-state index in [1.54, 1.807) is 6.20 Å². The maximum Gasteiger partial charge on any atom is 0.119 e. The second kappa shape index (κ2) is 4.61. The van der Waals surface area contributed by atoms with Gasteiger partial charge in [0.2, 0.25) is 0 Å². The van der Waals surface area contributed by atoms with Crippen LogP contribution in [0.2, 0.25) is 0 Å². The molecule has 0 radical (unpaired) electrons. The zero-order chi connectivity index (χ0) is 12.6. The van der Waals surface area contributed by atoms with Gasteiger partial charge in [0.1, 0.15) is 5.67 Å². The van der Waals surface area contributed by atoms with Crippen molar-refractivity contribution >= 4 is 0 Å². The predicted octanol–water partition coefficient (Wildman–Crippen LogP) is 3.11. The minimum atomic E-state index is -1.07. The lowest BCUT2D eigenvalue weighted by Gasteiger charge is -2.40. The van der Waals surface area contributed by atoms with Crippen LogP contribution in [-0.4, -0.2) is 16.7 Å². The Morgan fingerprint density at radius 3 is 2.83 bits per heavy atom. The first-order valence-electron chi connectivity index (χ1n) is 7.07. The van der Waals surface area contributed by atoms with Crippen molar-refractivity contribution in [3.05, 3.63) is 29.6 Å². The molecule has 2 aliphatic rings. The molecular weight excluding hydrogens is 227 g/mol. The van der Waals surface area contributed by atoms with Gasteiger partial charge in [-0.1, -0.05) is 6.07 Å². The molecule has 1 heterocycles. The Labute approximate surface area is 108 Å². The average molecular weight is 248 g/mol. The van der Waals surface area contributed by atoms with Crippen LogP contribution in [0, 0.1) is 0 Å². The zero-order valence-corrected chi connectivity index (χ0v) is 10.7. The summed E-state index contributed by atoms with van der Waals surface area (Å²) in [7, 11) is 0. The molecule has 0 aromatic carbocycles. The van der Waals surface area contributed by atoms with Crippen LogP contribution in [0.15, 0.2) is 18.3 Å². The molecule has 2 N–H and O–H groups in total. The van der Waals surface area contributed by atoms with Crippen molar-refractivity contribution in [1.29, 1.82) is 0 Å². The third-order valence-corrected chi connectivity index (χ3v) is 4.68. The number of hydrogen-bond donors (Lipinski definition) is 1. The summed E-state index contributed by atoms with van der Waals surface area (Å²) in [5.41, 5.74) is 7.09. The van der Waals surface area contributed by atoms with E-state index in [1.807, 2.05) is 6.07 Å². The van der Waals surface area contributed by atoms with Crippen LogP contribution < -0.4 is 5.73 Å². The Morgan fingerprint density at radius 2 is 2.06 bits per heavy atom. The van der Waals surface area contributed by atoms with Crippen LogP contribution in [0.4, 0.5) is 4.39 Å². The van der Waals surface area contributed by atoms with E-state index in [-0.39, 0.29) is 12.0 Å². The molecular formula is C15H21FN2. The number of alkyl halides is 1. The SMILES string of the molecule is NC1CCC(F)(C2CCCc3cccnc32)CC1. The lowest BCUT2D eigenvalue weighted by atomic mass is 9.69. The van der Waals surface area contributed by atoms with E-state index in [0.29, 0.717) is 12.8 Å². The van der Waals surface area contributed by atoms with Crippen LogP contribution in [0.3, 0.4) is 0 Å². The highest BCUT2D eigenvalue weighted by Gasteiger charge is 2.44. The summed E-state index contributed by atoms with van der Waals surface area (Å²) in [6.45, 7) is 0. The van der Waals surface area contributed by atoms with Crippen molar-refractivity contribution in [2.45, 2.75) is 62.6 Å². The van der Waals surface area contributed by atoms with Crippen LogP contribution in [-0.2, 0) is 6.42 Å². The number of halogens is 1. The third kappa shape index (κ3) is 2.05. The van der Waals surface area contributed by atoms with Gasteiger partial charge in [-0.2, -0.15) is 0 Å². The molecule has 1 aromatic heterocycles. The highest BCUT2D eigenvalue weighted by atomic mass is 19.1. The summed E-state index contributed by atoms with van der Waals surface area (Å²) < 4.78 is 15.2. The lowest BCUT2D eigenvalue weighted by molar-refractivity contribution is 0.0583. The van der Waals surface area contributed by atoms with Gasteiger partial charge in [-0.15, -0.1) is 0 Å². The molecule has 1 fully saturated rings. The molecule has 0 aliphatic heterocycles. The molecule has 3 heteroatoms. The minimum Gasteiger partial charge on any atom is -0.328 e. The second-order valence-electron chi connectivity index (χ2n) is 5.86. The van der Waals surface area contributed by atoms with Crippen molar-refractivity contribution in [3.8, 4) is 0 Å². The van der Waals surface area contributed by atoms with Crippen molar-refractivity contribution in [2.24, 2.45) is 5.73 Å². The van der Waals surface area contributed by atoms with Gasteiger partial charge in [-0.25, -0.2) is 4.39 Å². The van der Waals surface area contributed by atoms with E-state index in [4.69, 9.17) is 5.73 Å². The van der Waals surface area contributed by atoms with E-state index in [9.17, 15) is 0 Å². The summed E-state index contributed by atoms with van der Waals surface area (Å²) in [6.07, 6.45) is 7.72. The first kappa shape index (κ1) is 12.1. The topological polar surface area (TPSA) is 38.9 Å². The first-order chi connectivity index (χ1) is 8.69. The lowest BCUT2D eigenvalue weighted by Crippen LogP contribution is -2.41. The van der Waals surface area contributed by atoms with E-state index in [0.717, 1.165) is 37.8 Å². The van der Waals surface area contributed by atoms with Gasteiger partial charge in [0, 0.05) is 23.9 Å². The zero-order valence-electron chi connectivity index (χ0n) is 10.7. The molecule has 18 heavy (non-hydrogen) atoms. The molecule has 3 rings (SSSR count). The number of nitrogens with two attached hydrogens (primary N) is 1. The van der Waals surface area contributed by atoms with E-state index in [2.05, 4.69) is 11.1 Å². The molecule has 1 unspecified atom stereocenters. The van der Waals surface area contributed by atoms with Gasteiger partial charge in [-0.05, 0) is 56.6 Å². The van der Waals surface area contributed by atoms with Crippen LogP contribution in [0.25, 0.3) is 0 Å². The van der Waals surface area contributed by atoms with E-state index in [1.165, 1.54) is 5.56 Å². The molecule has 2 nitrogen and oxygen atoms in total. The standard InChI is InChI=1S/C15H21FN2/c16-15(8-6-12(17)7-9-15)13-5-1-3-11-4-2-10-18-14(11)13/h2,4,10,12-13H,1,3,5-9,17H2. The summed E-state index contributed by atoms with van der Waals surface area (Å²) in [4.78, 5) is 4.47. The number of hydrogen-bond acceptors (Lipinski definition) is 2. The highest BCUT2D eigenvalue weighted by molar-refractivity contribution is 5.29. The summed E-state index contributed by atoms with van der Waals surface area (Å²) in [5.74, 6) is -0.00468. The fourth-order valence-corrected chi connectivity index (χ4v) is 3.58. The molecule has 0 saturated heterocycles. The maximum absolute atomic E-state index is 15.2. The smallest absolute Gasteiger partial charge is 0.119 e. The number of aryl methyl sites for hydroxylation is 1. The fourth-order valence-electron chi connectivity index (χ4n) is 3.58. The van der Waals surface area contributed by atoms with Crippen molar-refractivity contribution in [1.82, 2.24) is 4.98 Å². The Bertz CT molecular complexity index is 424. The van der Waals surface area contributed by atoms with Crippen LogP contribution >= 0.6 is 0 Å². The van der Waals surface area contributed by atoms with Crippen LogP contribution in [0.5, 0.6) is 0 Å². The monoisotopic (exact) mass is 248 g/mol. The summed E-state index contributed by atoms with van der Waals surface area (Å²) in [6, 6.07) is 4.26. The third-order valence-electron chi connectivity index (χ3n) is 4.68. The Morgan fingerprint density at radius 1 is 1.28 bits per heavy atom. The number of fused-ring (bicyclic) bond motifs is 1. The van der Waals surface area contributed by atoms with Crippen LogP contribution in [0.1, 0.15) is 55.7 Å². The van der Waals surface area contributed by atoms with Crippen molar-refractivity contribution in [3.63, 3.8) is 0 Å². The normalized spacial score (nSPS) is 36.1. The largest absolute Gasteiger partial charge is 0.328 e. The van der Waals surface area contributed by atoms with Gasteiger partial charge < -0.3 is 5.73 Å². The molecule has 1 atom stereocenters. The molecule has 0 spiro atoms. The van der Waals surface area contributed by atoms with Gasteiger partial charge in [0.25, 0.3) is 0 Å². The fraction of sp³-hybridized carbons (Fsp3) is 0.667. The molecule has 98 valence electrons. The Hall–Kier alpha value is -0.960. The van der Waals surface area contributed by atoms with Gasteiger partial charge >= 0.3 is 0 Å². The van der Waals surface area contributed by atoms with Crippen molar-refractivity contribution in [2.75, 3.05) is 0 Å². The minimum absolute atomic E-state index is 0.00468. The number of aromatic nitrogens is 1. The summed E-state index contributed by atoms with van der Waals surface area (Å²) >= 11 is 0. The Kier molecular flexibility index (Phi) is 3.10. The van der Waals surface area contributed by atoms with E-state index >= 15 is 4.39 Å². The predicted molar refractivity (Wildman–Crippen MR) is 70.2 cm³/mol. The molecule has 0 bridgehead atoms. The molecule has 1 aromatic rings. The molecule has 2 aliphatic carbocycles. The molecule has 1 saturated carbocycles. The molecule has 0 amide bonds. The number of pyridine rings is 1. The second-order valence-corrected chi connectivity index (χ2v) is 5.86. The number of rotatable bonds is 1. The quantitative estimate of drug-likeness (QED) is 0.829. The van der Waals surface area contributed by atoms with Gasteiger partial charge in [-0.3, -0.25) is 4.98 Å². The summed E-state index contributed by atoms with van der Waals surface area (Å²) in [5, 5.41) is 0. The number of nitrogens with zero attached hydrogens (tertiary/aromatic N) is 1. The maximum atomic E-state index is 15.2.